The first-order valence-corrected chi connectivity index (χ1v) is 5.79. The Morgan fingerprint density at radius 2 is 1.89 bits per heavy atom. The summed E-state index contributed by atoms with van der Waals surface area (Å²) in [5, 5.41) is 11.2. The van der Waals surface area contributed by atoms with E-state index in [0.717, 1.165) is 4.90 Å². The molecular weight excluding hydrogens is 246 g/mol. The summed E-state index contributed by atoms with van der Waals surface area (Å²) in [5.41, 5.74) is -0.668. The van der Waals surface area contributed by atoms with E-state index in [9.17, 15) is 14.4 Å². The summed E-state index contributed by atoms with van der Waals surface area (Å²) >= 11 is 0. The Bertz CT molecular complexity index is 655. The van der Waals surface area contributed by atoms with Gasteiger partial charge in [0.25, 0.3) is 5.91 Å². The van der Waals surface area contributed by atoms with Crippen LogP contribution in [0.2, 0.25) is 0 Å². The molecule has 0 aromatic heterocycles. The molecule has 0 radical (unpaired) electrons. The first-order valence-electron chi connectivity index (χ1n) is 5.79. The van der Waals surface area contributed by atoms with Crippen LogP contribution in [0.25, 0.3) is 0 Å². The number of hydrogen-bond acceptors (Lipinski definition) is 4. The molecule has 0 atom stereocenters. The van der Waals surface area contributed by atoms with Gasteiger partial charge in [-0.15, -0.1) is 0 Å². The maximum absolute atomic E-state index is 12.3. The lowest BCUT2D eigenvalue weighted by Gasteiger charge is -2.30. The van der Waals surface area contributed by atoms with E-state index >= 15 is 0 Å². The van der Waals surface area contributed by atoms with Gasteiger partial charge in [0, 0.05) is 0 Å². The van der Waals surface area contributed by atoms with Crippen LogP contribution in [-0.2, 0) is 9.59 Å². The minimum atomic E-state index is -1.10. The number of carbonyl (C=O) groups is 3. The van der Waals surface area contributed by atoms with Crippen molar-refractivity contribution in [2.45, 2.75) is 12.8 Å². The number of anilines is 1. The molecule has 19 heavy (non-hydrogen) atoms. The summed E-state index contributed by atoms with van der Waals surface area (Å²) in [6.07, 6.45) is 0.881. The molecule has 94 valence electrons. The highest BCUT2D eigenvalue weighted by atomic mass is 16.2. The van der Waals surface area contributed by atoms with E-state index in [1.54, 1.807) is 12.1 Å². The quantitative estimate of drug-likeness (QED) is 0.755. The maximum atomic E-state index is 12.3. The largest absolute Gasteiger partial charge is 0.335 e. The minimum absolute atomic E-state index is 0.214. The SMILES string of the molecule is N#Cc1ccccc1N1C(=O)NC(=O)C2(CC2)C1=O. The van der Waals surface area contributed by atoms with Crippen molar-refractivity contribution in [3.63, 3.8) is 0 Å². The number of urea groups is 1. The van der Waals surface area contributed by atoms with Gasteiger partial charge in [0.2, 0.25) is 5.91 Å². The number of benzene rings is 1. The maximum Gasteiger partial charge on any atom is 0.335 e. The Balaban J connectivity index is 2.09. The van der Waals surface area contributed by atoms with E-state index in [1.807, 2.05) is 6.07 Å². The summed E-state index contributed by atoms with van der Waals surface area (Å²) in [6.45, 7) is 0. The summed E-state index contributed by atoms with van der Waals surface area (Å²) in [7, 11) is 0. The zero-order valence-electron chi connectivity index (χ0n) is 9.84. The monoisotopic (exact) mass is 255 g/mol. The van der Waals surface area contributed by atoms with E-state index in [4.69, 9.17) is 5.26 Å². The van der Waals surface area contributed by atoms with Crippen LogP contribution >= 0.6 is 0 Å². The molecule has 0 bridgehead atoms. The van der Waals surface area contributed by atoms with Crippen molar-refractivity contribution < 1.29 is 14.4 Å². The summed E-state index contributed by atoms with van der Waals surface area (Å²) in [4.78, 5) is 36.8. The van der Waals surface area contributed by atoms with Crippen LogP contribution in [0.3, 0.4) is 0 Å². The zero-order valence-corrected chi connectivity index (χ0v) is 9.84. The highest BCUT2D eigenvalue weighted by molar-refractivity contribution is 6.31. The van der Waals surface area contributed by atoms with Crippen LogP contribution in [-0.4, -0.2) is 17.8 Å². The molecule has 1 N–H and O–H groups in total. The Morgan fingerprint density at radius 3 is 2.53 bits per heavy atom. The van der Waals surface area contributed by atoms with Gasteiger partial charge in [-0.25, -0.2) is 9.69 Å². The topological polar surface area (TPSA) is 90.3 Å². The third kappa shape index (κ3) is 1.45. The van der Waals surface area contributed by atoms with Gasteiger partial charge in [-0.3, -0.25) is 14.9 Å². The first-order chi connectivity index (χ1) is 9.10. The van der Waals surface area contributed by atoms with Crippen molar-refractivity contribution in [3.8, 4) is 6.07 Å². The van der Waals surface area contributed by atoms with Crippen molar-refractivity contribution in [2.75, 3.05) is 4.90 Å². The number of nitrogens with one attached hydrogen (secondary N) is 1. The fourth-order valence-corrected chi connectivity index (χ4v) is 2.22. The van der Waals surface area contributed by atoms with Crippen molar-refractivity contribution >= 4 is 23.5 Å². The van der Waals surface area contributed by atoms with Crippen molar-refractivity contribution in [3.05, 3.63) is 29.8 Å². The molecule has 1 saturated heterocycles. The lowest BCUT2D eigenvalue weighted by molar-refractivity contribution is -0.136. The number of nitriles is 1. The smallest absolute Gasteiger partial charge is 0.276 e. The molecule has 1 aliphatic carbocycles. The van der Waals surface area contributed by atoms with E-state index in [1.165, 1.54) is 12.1 Å². The molecule has 4 amide bonds. The molecule has 3 rings (SSSR count). The van der Waals surface area contributed by atoms with Gasteiger partial charge < -0.3 is 0 Å². The van der Waals surface area contributed by atoms with Gasteiger partial charge in [0.05, 0.1) is 11.3 Å². The van der Waals surface area contributed by atoms with Crippen molar-refractivity contribution in [1.29, 1.82) is 5.26 Å². The second-order valence-electron chi connectivity index (χ2n) is 4.61. The van der Waals surface area contributed by atoms with Crippen LogP contribution in [0, 0.1) is 16.7 Å². The molecule has 1 aromatic rings. The molecule has 1 aliphatic heterocycles. The highest BCUT2D eigenvalue weighted by Crippen LogP contribution is 2.49. The van der Waals surface area contributed by atoms with Crippen LogP contribution < -0.4 is 10.2 Å². The van der Waals surface area contributed by atoms with Crippen molar-refractivity contribution in [1.82, 2.24) is 5.32 Å². The summed E-state index contributed by atoms with van der Waals surface area (Å²) < 4.78 is 0. The molecule has 1 saturated carbocycles. The molecule has 6 nitrogen and oxygen atoms in total. The second-order valence-corrected chi connectivity index (χ2v) is 4.61. The molecule has 1 spiro atoms. The fourth-order valence-electron chi connectivity index (χ4n) is 2.22. The standard InChI is InChI=1S/C13H9N3O3/c14-7-8-3-1-2-4-9(8)16-11(18)13(5-6-13)10(17)15-12(16)19/h1-4H,5-6H2,(H,15,17,19). The zero-order chi connectivity index (χ0) is 13.6. The third-order valence-electron chi connectivity index (χ3n) is 3.49. The van der Waals surface area contributed by atoms with Gasteiger partial charge in [0.15, 0.2) is 0 Å². The number of rotatable bonds is 1. The molecule has 2 fully saturated rings. The summed E-state index contributed by atoms with van der Waals surface area (Å²) in [6, 6.07) is 7.45. The number of nitrogens with zero attached hydrogens (tertiary/aromatic N) is 2. The van der Waals surface area contributed by atoms with E-state index in [0.29, 0.717) is 12.8 Å². The number of amides is 4. The average Bonchev–Trinajstić information content (AvgIpc) is 3.19. The van der Waals surface area contributed by atoms with Crippen LogP contribution in [0.1, 0.15) is 18.4 Å². The number of imide groups is 2. The lowest BCUT2D eigenvalue weighted by Crippen LogP contribution is -2.59. The highest BCUT2D eigenvalue weighted by Gasteiger charge is 2.62. The Kier molecular flexibility index (Phi) is 2.20. The number of barbiturate groups is 1. The van der Waals surface area contributed by atoms with Gasteiger partial charge in [0.1, 0.15) is 11.5 Å². The van der Waals surface area contributed by atoms with Gasteiger partial charge >= 0.3 is 6.03 Å². The molecule has 0 unspecified atom stereocenters. The Labute approximate surface area is 108 Å². The van der Waals surface area contributed by atoms with Crippen molar-refractivity contribution in [2.24, 2.45) is 5.41 Å². The third-order valence-corrected chi connectivity index (χ3v) is 3.49. The second kappa shape index (κ2) is 3.65. The van der Waals surface area contributed by atoms with Gasteiger partial charge in [-0.05, 0) is 25.0 Å². The Hall–Kier alpha value is -2.68. The lowest BCUT2D eigenvalue weighted by atomic mass is 10.0. The number of para-hydroxylation sites is 1. The molecule has 6 heteroatoms. The predicted octanol–water partition coefficient (Wildman–Crippen LogP) is 0.921. The summed E-state index contributed by atoms with van der Waals surface area (Å²) in [5.74, 6) is -1.07. The van der Waals surface area contributed by atoms with E-state index in [-0.39, 0.29) is 11.3 Å². The first kappa shape index (κ1) is 11.4. The number of hydrogen-bond donors (Lipinski definition) is 1. The van der Waals surface area contributed by atoms with Gasteiger partial charge in [-0.2, -0.15) is 5.26 Å². The van der Waals surface area contributed by atoms with E-state index < -0.39 is 23.3 Å². The Morgan fingerprint density at radius 1 is 1.21 bits per heavy atom. The molecule has 1 heterocycles. The molecular formula is C13H9N3O3. The predicted molar refractivity (Wildman–Crippen MR) is 63.8 cm³/mol. The number of carbonyl (C=O) groups excluding carboxylic acids is 3. The van der Waals surface area contributed by atoms with Crippen LogP contribution in [0.4, 0.5) is 10.5 Å². The average molecular weight is 255 g/mol. The minimum Gasteiger partial charge on any atom is -0.276 e. The normalized spacial score (nSPS) is 20.2. The molecule has 2 aliphatic rings. The van der Waals surface area contributed by atoms with E-state index in [2.05, 4.69) is 5.32 Å². The fraction of sp³-hybridized carbons (Fsp3) is 0.231. The van der Waals surface area contributed by atoms with Gasteiger partial charge in [-0.1, -0.05) is 12.1 Å². The van der Waals surface area contributed by atoms with Crippen LogP contribution in [0.15, 0.2) is 24.3 Å². The van der Waals surface area contributed by atoms with Crippen LogP contribution in [0.5, 0.6) is 0 Å². The molecule has 1 aromatic carbocycles.